The first-order valence-corrected chi connectivity index (χ1v) is 5.83. The fraction of sp³-hybridized carbons (Fsp3) is 0.0769. The van der Waals surface area contributed by atoms with Crippen molar-refractivity contribution in [1.29, 1.82) is 0 Å². The monoisotopic (exact) mass is 298 g/mol. The SMILES string of the molecule is C=C/C(=C\C(=C)Br)C(O)c1cccc(Cl)c1. The van der Waals surface area contributed by atoms with Gasteiger partial charge in [-0.25, -0.2) is 0 Å². The predicted molar refractivity (Wildman–Crippen MR) is 72.8 cm³/mol. The van der Waals surface area contributed by atoms with Crippen molar-refractivity contribution in [3.63, 3.8) is 0 Å². The van der Waals surface area contributed by atoms with Gasteiger partial charge in [-0.15, -0.1) is 0 Å². The molecule has 0 saturated heterocycles. The fourth-order valence-electron chi connectivity index (χ4n) is 1.30. The summed E-state index contributed by atoms with van der Waals surface area (Å²) in [6, 6.07) is 7.09. The average Bonchev–Trinajstić information content (AvgIpc) is 2.24. The topological polar surface area (TPSA) is 20.2 Å². The first-order chi connectivity index (χ1) is 7.54. The van der Waals surface area contributed by atoms with E-state index in [1.54, 1.807) is 30.4 Å². The standard InChI is InChI=1S/C13H12BrClO/c1-3-10(7-9(2)14)13(16)11-5-4-6-12(15)8-11/h3-8,13,16H,1-2H2/b10-7+. The lowest BCUT2D eigenvalue weighted by Gasteiger charge is -2.12. The molecular formula is C13H12BrClO. The van der Waals surface area contributed by atoms with Gasteiger partial charge >= 0.3 is 0 Å². The average molecular weight is 300 g/mol. The molecule has 1 aromatic rings. The summed E-state index contributed by atoms with van der Waals surface area (Å²) in [6.07, 6.45) is 2.57. The minimum absolute atomic E-state index is 0.595. The second-order valence-electron chi connectivity index (χ2n) is 3.25. The van der Waals surface area contributed by atoms with Crippen molar-refractivity contribution in [2.45, 2.75) is 6.10 Å². The van der Waals surface area contributed by atoms with Crippen molar-refractivity contribution in [3.05, 3.63) is 70.2 Å². The Labute approximate surface area is 109 Å². The normalized spacial score (nSPS) is 13.3. The third-order valence-corrected chi connectivity index (χ3v) is 2.50. The highest BCUT2D eigenvalue weighted by atomic mass is 79.9. The molecule has 1 atom stereocenters. The van der Waals surface area contributed by atoms with Crippen LogP contribution in [0.15, 0.2) is 59.6 Å². The molecule has 0 heterocycles. The van der Waals surface area contributed by atoms with Crippen LogP contribution in [-0.2, 0) is 0 Å². The minimum Gasteiger partial charge on any atom is -0.384 e. The van der Waals surface area contributed by atoms with Gasteiger partial charge in [-0.1, -0.05) is 58.9 Å². The number of aliphatic hydroxyl groups excluding tert-OH is 1. The third-order valence-electron chi connectivity index (χ3n) is 2.04. The van der Waals surface area contributed by atoms with Gasteiger partial charge in [-0.2, -0.15) is 0 Å². The van der Waals surface area contributed by atoms with Crippen molar-refractivity contribution >= 4 is 27.5 Å². The van der Waals surface area contributed by atoms with E-state index in [1.165, 1.54) is 0 Å². The maximum absolute atomic E-state index is 10.1. The van der Waals surface area contributed by atoms with Crippen LogP contribution in [0.3, 0.4) is 0 Å². The molecule has 0 radical (unpaired) electrons. The zero-order valence-corrected chi connectivity index (χ0v) is 11.0. The molecule has 16 heavy (non-hydrogen) atoms. The van der Waals surface area contributed by atoms with Crippen LogP contribution in [0.4, 0.5) is 0 Å². The maximum Gasteiger partial charge on any atom is 0.104 e. The molecule has 0 saturated carbocycles. The smallest absolute Gasteiger partial charge is 0.104 e. The molecule has 0 amide bonds. The highest BCUT2D eigenvalue weighted by Crippen LogP contribution is 2.26. The van der Waals surface area contributed by atoms with E-state index < -0.39 is 6.10 Å². The van der Waals surface area contributed by atoms with E-state index in [0.29, 0.717) is 15.1 Å². The first-order valence-electron chi connectivity index (χ1n) is 4.66. The first kappa shape index (κ1) is 13.2. The van der Waals surface area contributed by atoms with Crippen LogP contribution < -0.4 is 0 Å². The van der Waals surface area contributed by atoms with E-state index in [0.717, 1.165) is 5.56 Å². The molecule has 84 valence electrons. The highest BCUT2D eigenvalue weighted by Gasteiger charge is 2.11. The lowest BCUT2D eigenvalue weighted by molar-refractivity contribution is 0.219. The van der Waals surface area contributed by atoms with Crippen LogP contribution in [0.25, 0.3) is 0 Å². The number of halogens is 2. The second-order valence-corrected chi connectivity index (χ2v) is 4.71. The molecule has 0 aliphatic rings. The molecule has 1 aromatic carbocycles. The van der Waals surface area contributed by atoms with Gasteiger partial charge in [-0.3, -0.25) is 0 Å². The molecule has 1 N–H and O–H groups in total. The maximum atomic E-state index is 10.1. The lowest BCUT2D eigenvalue weighted by atomic mass is 10.0. The number of aliphatic hydroxyl groups is 1. The Morgan fingerprint density at radius 3 is 2.69 bits per heavy atom. The van der Waals surface area contributed by atoms with Crippen LogP contribution in [0.2, 0.25) is 5.02 Å². The van der Waals surface area contributed by atoms with Crippen LogP contribution >= 0.6 is 27.5 Å². The Morgan fingerprint density at radius 1 is 1.50 bits per heavy atom. The summed E-state index contributed by atoms with van der Waals surface area (Å²) in [7, 11) is 0. The number of hydrogen-bond acceptors (Lipinski definition) is 1. The van der Waals surface area contributed by atoms with Crippen molar-refractivity contribution in [2.75, 3.05) is 0 Å². The lowest BCUT2D eigenvalue weighted by Crippen LogP contribution is -1.99. The van der Waals surface area contributed by atoms with Crippen LogP contribution in [0, 0.1) is 0 Å². The van der Waals surface area contributed by atoms with Gasteiger partial charge in [0.15, 0.2) is 0 Å². The molecule has 0 aliphatic carbocycles. The van der Waals surface area contributed by atoms with E-state index in [4.69, 9.17) is 11.6 Å². The van der Waals surface area contributed by atoms with Crippen molar-refractivity contribution in [3.8, 4) is 0 Å². The van der Waals surface area contributed by atoms with Crippen LogP contribution in [-0.4, -0.2) is 5.11 Å². The predicted octanol–water partition coefficient (Wildman–Crippen LogP) is 4.39. The summed E-state index contributed by atoms with van der Waals surface area (Å²) < 4.78 is 0.684. The van der Waals surface area contributed by atoms with Gasteiger partial charge in [0.1, 0.15) is 6.10 Å². The van der Waals surface area contributed by atoms with E-state index in [9.17, 15) is 5.11 Å². The molecule has 1 unspecified atom stereocenters. The molecular weight excluding hydrogens is 287 g/mol. The summed E-state index contributed by atoms with van der Waals surface area (Å²) in [4.78, 5) is 0. The zero-order valence-electron chi connectivity index (χ0n) is 8.66. The number of allylic oxidation sites excluding steroid dienone is 2. The molecule has 0 aliphatic heterocycles. The summed E-state index contributed by atoms with van der Waals surface area (Å²) in [5, 5.41) is 10.7. The van der Waals surface area contributed by atoms with Crippen LogP contribution in [0.1, 0.15) is 11.7 Å². The third kappa shape index (κ3) is 3.63. The van der Waals surface area contributed by atoms with E-state index >= 15 is 0 Å². The fourth-order valence-corrected chi connectivity index (χ4v) is 1.76. The summed E-state index contributed by atoms with van der Waals surface area (Å²) >= 11 is 9.07. The van der Waals surface area contributed by atoms with Crippen molar-refractivity contribution < 1.29 is 5.11 Å². The van der Waals surface area contributed by atoms with Crippen molar-refractivity contribution in [2.24, 2.45) is 0 Å². The van der Waals surface area contributed by atoms with E-state index in [2.05, 4.69) is 29.1 Å². The van der Waals surface area contributed by atoms with Gasteiger partial charge in [0, 0.05) is 9.51 Å². The number of hydrogen-bond donors (Lipinski definition) is 1. The molecule has 0 spiro atoms. The molecule has 0 bridgehead atoms. The summed E-state index contributed by atoms with van der Waals surface area (Å²) in [6.45, 7) is 7.35. The second kappa shape index (κ2) is 6.04. The molecule has 1 rings (SSSR count). The Morgan fingerprint density at radius 2 is 2.19 bits per heavy atom. The zero-order chi connectivity index (χ0) is 12.1. The number of benzene rings is 1. The highest BCUT2D eigenvalue weighted by molar-refractivity contribution is 9.11. The summed E-state index contributed by atoms with van der Waals surface area (Å²) in [5.41, 5.74) is 1.40. The quantitative estimate of drug-likeness (QED) is 0.817. The Hall–Kier alpha value is -0.830. The minimum atomic E-state index is -0.745. The number of rotatable bonds is 4. The molecule has 0 aromatic heterocycles. The summed E-state index contributed by atoms with van der Waals surface area (Å²) in [5.74, 6) is 0. The van der Waals surface area contributed by atoms with E-state index in [-0.39, 0.29) is 0 Å². The van der Waals surface area contributed by atoms with Gasteiger partial charge < -0.3 is 5.11 Å². The van der Waals surface area contributed by atoms with Gasteiger partial charge in [0.05, 0.1) is 0 Å². The molecule has 3 heteroatoms. The Balaban J connectivity index is 3.04. The largest absolute Gasteiger partial charge is 0.384 e. The molecule has 1 nitrogen and oxygen atoms in total. The van der Waals surface area contributed by atoms with Crippen molar-refractivity contribution in [1.82, 2.24) is 0 Å². The Bertz CT molecular complexity index is 437. The van der Waals surface area contributed by atoms with Gasteiger partial charge in [0.25, 0.3) is 0 Å². The van der Waals surface area contributed by atoms with E-state index in [1.807, 2.05) is 6.07 Å². The van der Waals surface area contributed by atoms with Gasteiger partial charge in [-0.05, 0) is 29.3 Å². The Kier molecular flexibility index (Phi) is 5.00. The van der Waals surface area contributed by atoms with Gasteiger partial charge in [0.2, 0.25) is 0 Å². The van der Waals surface area contributed by atoms with Crippen LogP contribution in [0.5, 0.6) is 0 Å². The molecule has 0 fully saturated rings.